The van der Waals surface area contributed by atoms with E-state index in [1.165, 1.54) is 12.3 Å². The van der Waals surface area contributed by atoms with Gasteiger partial charge < -0.3 is 9.73 Å². The highest BCUT2D eigenvalue weighted by atomic mass is 19.4. The molecule has 4 nitrogen and oxygen atoms in total. The molecule has 0 saturated carbocycles. The predicted octanol–water partition coefficient (Wildman–Crippen LogP) is 3.58. The van der Waals surface area contributed by atoms with E-state index in [0.29, 0.717) is 6.54 Å². The van der Waals surface area contributed by atoms with Crippen molar-refractivity contribution < 1.29 is 17.6 Å². The Morgan fingerprint density at radius 2 is 2.11 bits per heavy atom. The molecule has 2 aromatic rings. The van der Waals surface area contributed by atoms with E-state index in [2.05, 4.69) is 15.3 Å². The molecule has 0 spiro atoms. The summed E-state index contributed by atoms with van der Waals surface area (Å²) in [6.45, 7) is 2.44. The summed E-state index contributed by atoms with van der Waals surface area (Å²) in [5.41, 5.74) is 0.103. The number of anilines is 1. The molecule has 0 aliphatic carbocycles. The van der Waals surface area contributed by atoms with E-state index in [-0.39, 0.29) is 17.3 Å². The summed E-state index contributed by atoms with van der Waals surface area (Å²) in [5.74, 6) is -0.775. The highest BCUT2D eigenvalue weighted by molar-refractivity contribution is 5.57. The smallest absolute Gasteiger partial charge is 0.451 e. The Balaban J connectivity index is 2.43. The zero-order valence-electron chi connectivity index (χ0n) is 10.2. The molecule has 0 aromatic carbocycles. The van der Waals surface area contributed by atoms with Gasteiger partial charge in [-0.05, 0) is 18.6 Å². The summed E-state index contributed by atoms with van der Waals surface area (Å²) in [6.07, 6.45) is -2.43. The van der Waals surface area contributed by atoms with Gasteiger partial charge in [0.2, 0.25) is 5.82 Å². The van der Waals surface area contributed by atoms with Crippen LogP contribution >= 0.6 is 0 Å². The van der Waals surface area contributed by atoms with Gasteiger partial charge in [-0.15, -0.1) is 0 Å². The van der Waals surface area contributed by atoms with Gasteiger partial charge in [0, 0.05) is 12.6 Å². The zero-order valence-corrected chi connectivity index (χ0v) is 10.2. The fourth-order valence-corrected chi connectivity index (χ4v) is 1.47. The van der Waals surface area contributed by atoms with Crippen molar-refractivity contribution in [2.75, 3.05) is 11.9 Å². The molecule has 0 radical (unpaired) electrons. The molecule has 0 bridgehead atoms. The summed E-state index contributed by atoms with van der Waals surface area (Å²) in [4.78, 5) is 6.95. The SMILES string of the molecule is CCCNc1cc(-c2ccco2)nc(C(F)(F)F)n1. The van der Waals surface area contributed by atoms with Gasteiger partial charge in [-0.1, -0.05) is 6.92 Å². The number of halogens is 3. The monoisotopic (exact) mass is 271 g/mol. The topological polar surface area (TPSA) is 51.0 Å². The van der Waals surface area contributed by atoms with Crippen molar-refractivity contribution in [3.8, 4) is 11.5 Å². The number of nitrogens with zero attached hydrogens (tertiary/aromatic N) is 2. The molecule has 1 N–H and O–H groups in total. The van der Waals surface area contributed by atoms with Crippen LogP contribution in [0.2, 0.25) is 0 Å². The van der Waals surface area contributed by atoms with Crippen LogP contribution in [-0.4, -0.2) is 16.5 Å². The number of nitrogens with one attached hydrogen (secondary N) is 1. The van der Waals surface area contributed by atoms with Crippen molar-refractivity contribution in [1.29, 1.82) is 0 Å². The molecular weight excluding hydrogens is 259 g/mol. The normalized spacial score (nSPS) is 11.6. The summed E-state index contributed by atoms with van der Waals surface area (Å²) >= 11 is 0. The van der Waals surface area contributed by atoms with E-state index in [0.717, 1.165) is 6.42 Å². The van der Waals surface area contributed by atoms with Gasteiger partial charge in [0.25, 0.3) is 0 Å². The average molecular weight is 271 g/mol. The molecule has 0 fully saturated rings. The fraction of sp³-hybridized carbons (Fsp3) is 0.333. The second-order valence-corrected chi connectivity index (χ2v) is 3.86. The second-order valence-electron chi connectivity index (χ2n) is 3.86. The average Bonchev–Trinajstić information content (AvgIpc) is 2.89. The van der Waals surface area contributed by atoms with Gasteiger partial charge in [-0.25, -0.2) is 9.97 Å². The van der Waals surface area contributed by atoms with Crippen LogP contribution in [0.25, 0.3) is 11.5 Å². The van der Waals surface area contributed by atoms with Gasteiger partial charge in [0.1, 0.15) is 11.5 Å². The number of furan rings is 1. The maximum absolute atomic E-state index is 12.7. The quantitative estimate of drug-likeness (QED) is 0.923. The van der Waals surface area contributed by atoms with Gasteiger partial charge in [-0.2, -0.15) is 13.2 Å². The third-order valence-electron chi connectivity index (χ3n) is 2.31. The Morgan fingerprint density at radius 3 is 2.68 bits per heavy atom. The maximum atomic E-state index is 12.7. The van der Waals surface area contributed by atoms with E-state index in [9.17, 15) is 13.2 Å². The number of rotatable bonds is 4. The minimum absolute atomic E-state index is 0.103. The highest BCUT2D eigenvalue weighted by Crippen LogP contribution is 2.29. The molecule has 2 aromatic heterocycles. The van der Waals surface area contributed by atoms with E-state index in [1.54, 1.807) is 12.1 Å². The first kappa shape index (κ1) is 13.4. The Labute approximate surface area is 107 Å². The first-order valence-electron chi connectivity index (χ1n) is 5.74. The molecule has 0 atom stereocenters. The summed E-state index contributed by atoms with van der Waals surface area (Å²) < 4.78 is 43.2. The highest BCUT2D eigenvalue weighted by Gasteiger charge is 2.35. The lowest BCUT2D eigenvalue weighted by molar-refractivity contribution is -0.144. The van der Waals surface area contributed by atoms with Gasteiger partial charge >= 0.3 is 6.18 Å². The van der Waals surface area contributed by atoms with Crippen molar-refractivity contribution in [3.63, 3.8) is 0 Å². The van der Waals surface area contributed by atoms with Crippen molar-refractivity contribution in [1.82, 2.24) is 9.97 Å². The maximum Gasteiger partial charge on any atom is 0.451 e. The standard InChI is InChI=1S/C12H12F3N3O/c1-2-5-16-10-7-8(9-4-3-6-19-9)17-11(18-10)12(13,14)15/h3-4,6-7H,2,5H2,1H3,(H,16,17,18). The first-order chi connectivity index (χ1) is 9.00. The Kier molecular flexibility index (Phi) is 3.73. The molecule has 0 aliphatic rings. The van der Waals surface area contributed by atoms with E-state index >= 15 is 0 Å². The molecule has 19 heavy (non-hydrogen) atoms. The molecule has 2 rings (SSSR count). The minimum Gasteiger partial charge on any atom is -0.463 e. The lowest BCUT2D eigenvalue weighted by atomic mass is 10.3. The van der Waals surface area contributed by atoms with Crippen LogP contribution in [0.1, 0.15) is 19.2 Å². The summed E-state index contributed by atoms with van der Waals surface area (Å²) in [5, 5.41) is 2.82. The van der Waals surface area contributed by atoms with Crippen LogP contribution in [-0.2, 0) is 6.18 Å². The summed E-state index contributed by atoms with van der Waals surface area (Å²) in [7, 11) is 0. The van der Waals surface area contributed by atoms with Crippen LogP contribution in [0.15, 0.2) is 28.9 Å². The molecular formula is C12H12F3N3O. The number of hydrogen-bond donors (Lipinski definition) is 1. The van der Waals surface area contributed by atoms with E-state index < -0.39 is 12.0 Å². The summed E-state index contributed by atoms with van der Waals surface area (Å²) in [6, 6.07) is 4.57. The van der Waals surface area contributed by atoms with Gasteiger partial charge in [0.15, 0.2) is 5.76 Å². The second kappa shape index (κ2) is 5.29. The van der Waals surface area contributed by atoms with Crippen LogP contribution < -0.4 is 5.32 Å². The fourth-order valence-electron chi connectivity index (χ4n) is 1.47. The molecule has 0 unspecified atom stereocenters. The Morgan fingerprint density at radius 1 is 1.32 bits per heavy atom. The van der Waals surface area contributed by atoms with Gasteiger partial charge in [-0.3, -0.25) is 0 Å². The predicted molar refractivity (Wildman–Crippen MR) is 63.5 cm³/mol. The molecule has 7 heteroatoms. The number of hydrogen-bond acceptors (Lipinski definition) is 4. The lowest BCUT2D eigenvalue weighted by Gasteiger charge is -2.10. The van der Waals surface area contributed by atoms with Gasteiger partial charge in [0.05, 0.1) is 6.26 Å². The van der Waals surface area contributed by atoms with E-state index in [1.807, 2.05) is 6.92 Å². The Bertz CT molecular complexity index is 538. The lowest BCUT2D eigenvalue weighted by Crippen LogP contribution is -2.14. The zero-order chi connectivity index (χ0) is 13.9. The largest absolute Gasteiger partial charge is 0.463 e. The van der Waals surface area contributed by atoms with E-state index in [4.69, 9.17) is 4.42 Å². The van der Waals surface area contributed by atoms with Crippen molar-refractivity contribution in [3.05, 3.63) is 30.3 Å². The van der Waals surface area contributed by atoms with Crippen molar-refractivity contribution in [2.24, 2.45) is 0 Å². The van der Waals surface area contributed by atoms with Crippen LogP contribution in [0, 0.1) is 0 Å². The van der Waals surface area contributed by atoms with Crippen molar-refractivity contribution >= 4 is 5.82 Å². The van der Waals surface area contributed by atoms with Crippen LogP contribution in [0.3, 0.4) is 0 Å². The number of aromatic nitrogens is 2. The van der Waals surface area contributed by atoms with Crippen LogP contribution in [0.4, 0.5) is 19.0 Å². The molecule has 0 amide bonds. The molecule has 0 aliphatic heterocycles. The Hall–Kier alpha value is -2.05. The van der Waals surface area contributed by atoms with Crippen molar-refractivity contribution in [2.45, 2.75) is 19.5 Å². The first-order valence-corrected chi connectivity index (χ1v) is 5.74. The molecule has 2 heterocycles. The third-order valence-corrected chi connectivity index (χ3v) is 2.31. The van der Waals surface area contributed by atoms with Crippen LogP contribution in [0.5, 0.6) is 0 Å². The minimum atomic E-state index is -4.59. The number of alkyl halides is 3. The molecule has 102 valence electrons. The molecule has 0 saturated heterocycles. The third kappa shape index (κ3) is 3.24.